The van der Waals surface area contributed by atoms with Gasteiger partial charge in [0.1, 0.15) is 18.8 Å². The molecule has 8 heteroatoms. The number of nitrogens with zero attached hydrogens (tertiary/aromatic N) is 2. The van der Waals surface area contributed by atoms with Gasteiger partial charge in [-0.15, -0.1) is 0 Å². The average Bonchev–Trinajstić information content (AvgIpc) is 2.96. The largest absolute Gasteiger partial charge is 0.506 e. The SMILES string of the molecule is CCN1CCCc2cc(C3=C(O)/C(=c4\cc5c(cc4NC(=O)C(C)(C)C)=[N+](CC)CCC5)C3=O)c(NC(=O)C(C)(C)C)cc21. The number of anilines is 3. The first-order valence-corrected chi connectivity index (χ1v) is 16.0. The van der Waals surface area contributed by atoms with Crippen LogP contribution in [0.5, 0.6) is 0 Å². The second-order valence-electron chi connectivity index (χ2n) is 14.3. The highest BCUT2D eigenvalue weighted by Gasteiger charge is 2.39. The zero-order valence-electron chi connectivity index (χ0n) is 27.5. The van der Waals surface area contributed by atoms with Crippen LogP contribution in [0.4, 0.5) is 17.1 Å². The molecular formula is C36H47N4O4+. The summed E-state index contributed by atoms with van der Waals surface area (Å²) in [5, 5.41) is 19.4. The van der Waals surface area contributed by atoms with Crippen LogP contribution < -0.4 is 30.7 Å². The van der Waals surface area contributed by atoms with Crippen molar-refractivity contribution in [2.24, 2.45) is 10.8 Å². The first-order valence-electron chi connectivity index (χ1n) is 16.0. The van der Waals surface area contributed by atoms with E-state index in [1.165, 1.54) is 0 Å². The summed E-state index contributed by atoms with van der Waals surface area (Å²) in [7, 11) is 0. The average molecular weight is 600 g/mol. The Balaban J connectivity index is 1.74. The molecule has 0 saturated heterocycles. The van der Waals surface area contributed by atoms with Crippen LogP contribution in [-0.2, 0) is 27.2 Å². The Morgan fingerprint density at radius 1 is 0.864 bits per heavy atom. The Bertz CT molecular complexity index is 1720. The molecule has 2 aliphatic heterocycles. The third-order valence-corrected chi connectivity index (χ3v) is 8.96. The molecule has 0 bridgehead atoms. The second kappa shape index (κ2) is 11.5. The molecule has 2 aromatic rings. The fraction of sp³-hybridized carbons (Fsp3) is 0.500. The van der Waals surface area contributed by atoms with Crippen molar-refractivity contribution in [3.63, 3.8) is 0 Å². The highest BCUT2D eigenvalue weighted by Crippen LogP contribution is 2.43. The lowest BCUT2D eigenvalue weighted by molar-refractivity contribution is -0.123. The predicted octanol–water partition coefficient (Wildman–Crippen LogP) is 4.59. The zero-order chi connectivity index (χ0) is 32.1. The summed E-state index contributed by atoms with van der Waals surface area (Å²) in [6, 6.07) is 7.83. The number of hydrogen-bond donors (Lipinski definition) is 3. The van der Waals surface area contributed by atoms with Crippen LogP contribution in [0.25, 0.3) is 11.1 Å². The van der Waals surface area contributed by atoms with Crippen molar-refractivity contribution in [3.8, 4) is 0 Å². The lowest BCUT2D eigenvalue weighted by Gasteiger charge is -2.33. The van der Waals surface area contributed by atoms with Crippen molar-refractivity contribution in [2.45, 2.75) is 81.1 Å². The number of carbonyl (C=O) groups is 3. The number of aliphatic hydroxyl groups is 1. The lowest BCUT2D eigenvalue weighted by Crippen LogP contribution is -2.41. The third kappa shape index (κ3) is 5.66. The third-order valence-electron chi connectivity index (χ3n) is 8.96. The molecule has 5 rings (SSSR count). The van der Waals surface area contributed by atoms with Crippen molar-refractivity contribution in [1.29, 1.82) is 0 Å². The molecule has 3 N–H and O–H groups in total. The van der Waals surface area contributed by atoms with Crippen LogP contribution in [0, 0.1) is 10.8 Å². The van der Waals surface area contributed by atoms with Crippen LogP contribution in [0.15, 0.2) is 30.0 Å². The number of benzene rings is 2. The molecule has 2 aromatic carbocycles. The Labute approximate surface area is 260 Å². The van der Waals surface area contributed by atoms with Gasteiger partial charge in [0.25, 0.3) is 0 Å². The summed E-state index contributed by atoms with van der Waals surface area (Å²) in [4.78, 5) is 42.7. The standard InChI is InChI=1S/C36H46N4O4/c1-9-39-15-11-13-21-17-23(25(19-27(21)39)37-33(43)35(3,4)5)29-31(41)30(32(29)42)24-18-22-14-12-16-40(10-2)28(22)20-26(24)38-34(44)36(6,7)8/h17-20H,9-16H2,1-8H3,(H2,37,38,41,42,43,44)/p+1. The summed E-state index contributed by atoms with van der Waals surface area (Å²) in [6.45, 7) is 18.8. The van der Waals surface area contributed by atoms with Gasteiger partial charge in [-0.2, -0.15) is 0 Å². The van der Waals surface area contributed by atoms with E-state index < -0.39 is 10.8 Å². The van der Waals surface area contributed by atoms with Gasteiger partial charge in [0, 0.05) is 58.4 Å². The van der Waals surface area contributed by atoms with Gasteiger partial charge in [0.2, 0.25) is 23.0 Å². The monoisotopic (exact) mass is 599 g/mol. The van der Waals surface area contributed by atoms with Gasteiger partial charge in [-0.05, 0) is 56.9 Å². The number of fused-ring (bicyclic) bond motifs is 2. The molecule has 3 aliphatic rings. The van der Waals surface area contributed by atoms with E-state index in [4.69, 9.17) is 0 Å². The van der Waals surface area contributed by atoms with E-state index in [2.05, 4.69) is 34.0 Å². The van der Waals surface area contributed by atoms with E-state index in [0.29, 0.717) is 22.2 Å². The number of aryl methyl sites for hydroxylation is 2. The van der Waals surface area contributed by atoms with Gasteiger partial charge in [-0.1, -0.05) is 41.5 Å². The molecule has 0 fully saturated rings. The number of nitrogens with one attached hydrogen (secondary N) is 2. The topological polar surface area (TPSA) is 102 Å². The Morgan fingerprint density at radius 3 is 2.09 bits per heavy atom. The van der Waals surface area contributed by atoms with Crippen molar-refractivity contribution in [2.75, 3.05) is 41.7 Å². The van der Waals surface area contributed by atoms with Gasteiger partial charge in [-0.25, -0.2) is 4.58 Å². The molecule has 1 aliphatic carbocycles. The van der Waals surface area contributed by atoms with Crippen LogP contribution in [-0.4, -0.2) is 48.9 Å². The van der Waals surface area contributed by atoms with E-state index >= 15 is 0 Å². The Morgan fingerprint density at radius 2 is 1.50 bits per heavy atom. The minimum absolute atomic E-state index is 0.112. The fourth-order valence-corrected chi connectivity index (χ4v) is 6.22. The zero-order valence-corrected chi connectivity index (χ0v) is 27.5. The van der Waals surface area contributed by atoms with Crippen molar-refractivity contribution in [3.05, 3.63) is 57.3 Å². The summed E-state index contributed by atoms with van der Waals surface area (Å²) < 4.78 is 2.28. The molecule has 0 unspecified atom stereocenters. The number of carbonyl (C=O) groups excluding carboxylic acids is 3. The van der Waals surface area contributed by atoms with E-state index in [1.54, 1.807) is 0 Å². The van der Waals surface area contributed by atoms with E-state index in [1.807, 2.05) is 65.8 Å². The molecule has 0 spiro atoms. The maximum atomic E-state index is 14.1. The van der Waals surface area contributed by atoms with Crippen molar-refractivity contribution >= 4 is 45.8 Å². The Hall–Kier alpha value is -3.94. The number of amides is 2. The second-order valence-corrected chi connectivity index (χ2v) is 14.3. The maximum Gasteiger partial charge on any atom is 0.229 e. The number of aliphatic hydroxyl groups excluding tert-OH is 1. The quantitative estimate of drug-likeness (QED) is 0.437. The van der Waals surface area contributed by atoms with Crippen molar-refractivity contribution < 1.29 is 19.5 Å². The number of Topliss-reactive ketones (excluding diaryl/α,β-unsaturated/α-hetero) is 1. The van der Waals surface area contributed by atoms with Crippen molar-refractivity contribution in [1.82, 2.24) is 4.58 Å². The molecular weight excluding hydrogens is 552 g/mol. The highest BCUT2D eigenvalue weighted by molar-refractivity contribution is 6.52. The summed E-state index contributed by atoms with van der Waals surface area (Å²) >= 11 is 0. The van der Waals surface area contributed by atoms with Crippen LogP contribution in [0.2, 0.25) is 0 Å². The lowest BCUT2D eigenvalue weighted by atomic mass is 9.79. The van der Waals surface area contributed by atoms with Crippen LogP contribution in [0.1, 0.15) is 84.9 Å². The van der Waals surface area contributed by atoms with Gasteiger partial charge >= 0.3 is 0 Å². The maximum absolute atomic E-state index is 14.1. The molecule has 0 atom stereocenters. The van der Waals surface area contributed by atoms with Gasteiger partial charge < -0.3 is 20.6 Å². The number of allylic oxidation sites excluding steroid dienone is 2. The van der Waals surface area contributed by atoms with Crippen LogP contribution in [0.3, 0.4) is 0 Å². The van der Waals surface area contributed by atoms with E-state index in [0.717, 1.165) is 74.0 Å². The van der Waals surface area contributed by atoms with Crippen LogP contribution >= 0.6 is 0 Å². The molecule has 234 valence electrons. The van der Waals surface area contributed by atoms with E-state index in [9.17, 15) is 19.5 Å². The molecule has 44 heavy (non-hydrogen) atoms. The number of hydrogen-bond acceptors (Lipinski definition) is 5. The molecule has 0 saturated carbocycles. The minimum Gasteiger partial charge on any atom is -0.506 e. The summed E-state index contributed by atoms with van der Waals surface area (Å²) in [5.74, 6) is -0.753. The summed E-state index contributed by atoms with van der Waals surface area (Å²) in [6.07, 6.45) is 3.69. The van der Waals surface area contributed by atoms with E-state index in [-0.39, 0.29) is 34.5 Å². The molecule has 8 nitrogen and oxygen atoms in total. The Kier molecular flexibility index (Phi) is 8.25. The minimum atomic E-state index is -0.648. The molecule has 2 heterocycles. The smallest absolute Gasteiger partial charge is 0.229 e. The molecule has 0 radical (unpaired) electrons. The molecule has 0 aromatic heterocycles. The first kappa shape index (κ1) is 31.5. The fourth-order valence-electron chi connectivity index (χ4n) is 6.22. The molecule has 2 amide bonds. The normalized spacial score (nSPS) is 18.0. The first-order chi connectivity index (χ1) is 20.6. The summed E-state index contributed by atoms with van der Waals surface area (Å²) in [5.41, 5.74) is 3.89. The predicted molar refractivity (Wildman–Crippen MR) is 177 cm³/mol. The number of ketones is 1. The highest BCUT2D eigenvalue weighted by atomic mass is 16.3. The van der Waals surface area contributed by atoms with Gasteiger partial charge in [-0.3, -0.25) is 14.4 Å². The van der Waals surface area contributed by atoms with Gasteiger partial charge in [0.15, 0.2) is 0 Å². The van der Waals surface area contributed by atoms with Gasteiger partial charge in [0.05, 0.1) is 22.5 Å². The number of rotatable bonds is 5.